The summed E-state index contributed by atoms with van der Waals surface area (Å²) in [5.41, 5.74) is 0. The minimum Gasteiger partial charge on any atom is -2.00 e. The average molecular weight is 140 g/mol. The minimum absolute atomic E-state index is 0. The number of benzene rings is 1. The van der Waals surface area contributed by atoms with Crippen molar-refractivity contribution >= 4 is 0 Å². The first-order valence-corrected chi connectivity index (χ1v) is 2.00. The van der Waals surface area contributed by atoms with Crippen LogP contribution in [0.1, 0.15) is 0 Å². The predicted octanol–water partition coefficient (Wildman–Crippen LogP) is -4.42. The van der Waals surface area contributed by atoms with Crippen LogP contribution in [0.2, 0.25) is 0 Å². The van der Waals surface area contributed by atoms with E-state index in [-0.39, 0.29) is 64.6 Å². The Morgan fingerprint density at radius 2 is 0.556 bits per heavy atom. The van der Waals surface area contributed by atoms with Crippen molar-refractivity contribution < 1.29 is 64.6 Å². The molecule has 0 aromatic heterocycles. The summed E-state index contributed by atoms with van der Waals surface area (Å²) in [6.45, 7) is 0. The van der Waals surface area contributed by atoms with E-state index in [9.17, 15) is 0 Å². The number of hydrogen-bond acceptors (Lipinski definition) is 0. The van der Waals surface area contributed by atoms with Gasteiger partial charge in [-0.1, -0.05) is 36.4 Å². The van der Waals surface area contributed by atoms with E-state index in [2.05, 4.69) is 0 Å². The van der Waals surface area contributed by atoms with E-state index >= 15 is 0 Å². The van der Waals surface area contributed by atoms with E-state index in [4.69, 9.17) is 0 Å². The number of hydrogen-bond donors (Lipinski definition) is 0. The molecule has 0 bridgehead atoms. The summed E-state index contributed by atoms with van der Waals surface area (Å²) < 4.78 is 0. The van der Waals surface area contributed by atoms with Crippen LogP contribution in [0.4, 0.5) is 0 Å². The van der Waals surface area contributed by atoms with Crippen molar-refractivity contribution in [1.82, 2.24) is 0 Å². The smallest absolute Gasteiger partial charge is 1.00 e. The molecule has 0 atom stereocenters. The van der Waals surface area contributed by atoms with Crippen LogP contribution in [-0.4, -0.2) is 0 Å². The van der Waals surface area contributed by atoms with Gasteiger partial charge in [0.2, 0.25) is 0 Å². The molecule has 1 aromatic carbocycles. The maximum atomic E-state index is 2.00. The third-order valence-corrected chi connectivity index (χ3v) is 0.667. The van der Waals surface area contributed by atoms with Gasteiger partial charge in [-0.05, 0) is 0 Å². The number of rotatable bonds is 0. The Kier molecular flexibility index (Phi) is 22.0. The van der Waals surface area contributed by atoms with Gasteiger partial charge in [0.1, 0.15) is 0 Å². The van der Waals surface area contributed by atoms with Crippen LogP contribution >= 0.6 is 0 Å². The van der Waals surface area contributed by atoms with Crippen LogP contribution in [0.15, 0.2) is 36.4 Å². The first kappa shape index (κ1) is 16.6. The fraction of sp³-hybridized carbons (Fsp3) is 0. The zero-order valence-corrected chi connectivity index (χ0v) is 9.87. The van der Waals surface area contributed by atoms with Crippen molar-refractivity contribution in [3.05, 3.63) is 36.4 Å². The van der Waals surface area contributed by atoms with Crippen molar-refractivity contribution in [1.29, 1.82) is 0 Å². The van der Waals surface area contributed by atoms with Crippen LogP contribution < -0.4 is 59.1 Å². The van der Waals surface area contributed by atoms with E-state index in [0.717, 1.165) is 0 Å². The third-order valence-electron chi connectivity index (χ3n) is 0.667. The maximum absolute atomic E-state index is 2.00. The standard InChI is InChI=1S/C6H6.2Na.O/c1-2-4-6-5-3-1;;;/h1-6H;;;/q;2*+1;-2. The molecule has 0 heterocycles. The molecule has 0 amide bonds. The molecule has 3 heteroatoms. The molecule has 1 rings (SSSR count). The van der Waals surface area contributed by atoms with Crippen molar-refractivity contribution in [2.24, 2.45) is 0 Å². The molecular formula is C6H6Na2O. The zero-order chi connectivity index (χ0) is 4.24. The SMILES string of the molecule is [Na+].[Na+].[O-2].c1ccccc1. The summed E-state index contributed by atoms with van der Waals surface area (Å²) in [5, 5.41) is 0. The van der Waals surface area contributed by atoms with Gasteiger partial charge in [-0.3, -0.25) is 0 Å². The summed E-state index contributed by atoms with van der Waals surface area (Å²) in [7, 11) is 0. The summed E-state index contributed by atoms with van der Waals surface area (Å²) >= 11 is 0. The first-order chi connectivity index (χ1) is 3.00. The van der Waals surface area contributed by atoms with E-state index in [0.29, 0.717) is 0 Å². The fourth-order valence-corrected chi connectivity index (χ4v) is 0.385. The zero-order valence-electron chi connectivity index (χ0n) is 5.87. The molecular weight excluding hydrogens is 134 g/mol. The second-order valence-corrected chi connectivity index (χ2v) is 1.15. The molecule has 0 saturated carbocycles. The van der Waals surface area contributed by atoms with Crippen molar-refractivity contribution in [2.75, 3.05) is 0 Å². The molecule has 0 saturated heterocycles. The molecule has 0 aliphatic heterocycles. The van der Waals surface area contributed by atoms with Crippen molar-refractivity contribution in [3.63, 3.8) is 0 Å². The topological polar surface area (TPSA) is 28.5 Å². The van der Waals surface area contributed by atoms with Gasteiger partial charge < -0.3 is 5.48 Å². The average Bonchev–Trinajstić information content (AvgIpc) is 1.72. The Labute approximate surface area is 99.7 Å². The van der Waals surface area contributed by atoms with Gasteiger partial charge in [0.05, 0.1) is 0 Å². The molecule has 0 spiro atoms. The molecule has 0 radical (unpaired) electrons. The Morgan fingerprint density at radius 1 is 0.444 bits per heavy atom. The normalized spacial score (nSPS) is 5.33. The van der Waals surface area contributed by atoms with Gasteiger partial charge in [-0.2, -0.15) is 0 Å². The molecule has 0 unspecified atom stereocenters. The van der Waals surface area contributed by atoms with Crippen molar-refractivity contribution in [2.45, 2.75) is 0 Å². The van der Waals surface area contributed by atoms with E-state index < -0.39 is 0 Å². The van der Waals surface area contributed by atoms with Crippen molar-refractivity contribution in [3.8, 4) is 0 Å². The van der Waals surface area contributed by atoms with Crippen LogP contribution in [0, 0.1) is 0 Å². The summed E-state index contributed by atoms with van der Waals surface area (Å²) in [6.07, 6.45) is 0. The van der Waals surface area contributed by atoms with Crippen LogP contribution in [0.25, 0.3) is 0 Å². The molecule has 1 aromatic rings. The van der Waals surface area contributed by atoms with Gasteiger partial charge in [0.25, 0.3) is 0 Å². The van der Waals surface area contributed by atoms with Gasteiger partial charge in [0, 0.05) is 0 Å². The molecule has 38 valence electrons. The maximum Gasteiger partial charge on any atom is 1.00 e. The molecule has 0 aliphatic carbocycles. The predicted molar refractivity (Wildman–Crippen MR) is 27.1 cm³/mol. The Balaban J connectivity index is -0.000000120. The fourth-order valence-electron chi connectivity index (χ4n) is 0.385. The molecule has 9 heavy (non-hydrogen) atoms. The van der Waals surface area contributed by atoms with Crippen LogP contribution in [-0.2, 0) is 5.48 Å². The Morgan fingerprint density at radius 3 is 0.667 bits per heavy atom. The molecule has 0 aliphatic rings. The molecule has 0 fully saturated rings. The van der Waals surface area contributed by atoms with E-state index in [1.807, 2.05) is 36.4 Å². The van der Waals surface area contributed by atoms with E-state index in [1.165, 1.54) is 0 Å². The minimum atomic E-state index is 0. The van der Waals surface area contributed by atoms with Crippen LogP contribution in [0.3, 0.4) is 0 Å². The molecule has 1 nitrogen and oxygen atoms in total. The molecule has 0 N–H and O–H groups in total. The Bertz CT molecular complexity index is 83.0. The quantitative estimate of drug-likeness (QED) is 0.325. The monoisotopic (exact) mass is 140 g/mol. The van der Waals surface area contributed by atoms with Gasteiger partial charge in [0.15, 0.2) is 0 Å². The van der Waals surface area contributed by atoms with Crippen LogP contribution in [0.5, 0.6) is 0 Å². The summed E-state index contributed by atoms with van der Waals surface area (Å²) in [4.78, 5) is 0. The van der Waals surface area contributed by atoms with Gasteiger partial charge in [-0.15, -0.1) is 0 Å². The Hall–Kier alpha value is 1.18. The largest absolute Gasteiger partial charge is 2.00 e. The third kappa shape index (κ3) is 9.18. The summed E-state index contributed by atoms with van der Waals surface area (Å²) in [5.74, 6) is 0. The first-order valence-electron chi connectivity index (χ1n) is 2.00. The van der Waals surface area contributed by atoms with Gasteiger partial charge >= 0.3 is 59.1 Å². The second kappa shape index (κ2) is 11.9. The van der Waals surface area contributed by atoms with Gasteiger partial charge in [-0.25, -0.2) is 0 Å². The second-order valence-electron chi connectivity index (χ2n) is 1.15. The van der Waals surface area contributed by atoms with E-state index in [1.54, 1.807) is 0 Å². The summed E-state index contributed by atoms with van der Waals surface area (Å²) in [6, 6.07) is 12.0.